The number of carbonyl (C=O) groups excluding carboxylic acids is 1. The molecule has 4 nitrogen and oxygen atoms in total. The molecular weight excluding hydrogens is 296 g/mol. The molecule has 0 saturated heterocycles. The van der Waals surface area contributed by atoms with Crippen LogP contribution in [-0.4, -0.2) is 46.7 Å². The summed E-state index contributed by atoms with van der Waals surface area (Å²) >= 11 is 1.88. The molecule has 2 amide bonds. The highest BCUT2D eigenvalue weighted by atomic mass is 32.2. The summed E-state index contributed by atoms with van der Waals surface area (Å²) in [6.07, 6.45) is 5.40. The molecule has 1 aliphatic carbocycles. The van der Waals surface area contributed by atoms with Crippen LogP contribution in [0.25, 0.3) is 0 Å². The van der Waals surface area contributed by atoms with Gasteiger partial charge in [-0.3, -0.25) is 0 Å². The molecule has 1 saturated carbocycles. The van der Waals surface area contributed by atoms with Crippen molar-refractivity contribution in [2.45, 2.75) is 44.0 Å². The Morgan fingerprint density at radius 1 is 1.36 bits per heavy atom. The fourth-order valence-electron chi connectivity index (χ4n) is 2.84. The summed E-state index contributed by atoms with van der Waals surface area (Å²) < 4.78 is 0. The van der Waals surface area contributed by atoms with Crippen molar-refractivity contribution >= 4 is 17.8 Å². The van der Waals surface area contributed by atoms with Gasteiger partial charge in [-0.25, -0.2) is 4.79 Å². The molecule has 5 heteroatoms. The quantitative estimate of drug-likeness (QED) is 0.847. The van der Waals surface area contributed by atoms with E-state index < -0.39 is 0 Å². The van der Waals surface area contributed by atoms with Gasteiger partial charge in [0.2, 0.25) is 0 Å². The minimum atomic E-state index is -0.0682. The van der Waals surface area contributed by atoms with Gasteiger partial charge in [-0.1, -0.05) is 29.8 Å². The Labute approximate surface area is 137 Å². The fourth-order valence-corrected chi connectivity index (χ4v) is 3.63. The van der Waals surface area contributed by atoms with Gasteiger partial charge in [0, 0.05) is 24.4 Å². The summed E-state index contributed by atoms with van der Waals surface area (Å²) in [6, 6.07) is 8.36. The molecule has 0 unspecified atom stereocenters. The molecule has 2 rings (SSSR count). The highest BCUT2D eigenvalue weighted by Gasteiger charge is 2.26. The van der Waals surface area contributed by atoms with E-state index in [-0.39, 0.29) is 18.7 Å². The lowest BCUT2D eigenvalue weighted by Gasteiger charge is -2.24. The summed E-state index contributed by atoms with van der Waals surface area (Å²) in [5.41, 5.74) is 2.29. The molecule has 1 aromatic carbocycles. The maximum atomic E-state index is 12.5. The van der Waals surface area contributed by atoms with Gasteiger partial charge in [0.1, 0.15) is 0 Å². The Morgan fingerprint density at radius 2 is 2.09 bits per heavy atom. The molecule has 0 heterocycles. The molecule has 1 fully saturated rings. The number of aryl methyl sites for hydroxylation is 1. The van der Waals surface area contributed by atoms with Crippen LogP contribution >= 0.6 is 11.8 Å². The zero-order valence-electron chi connectivity index (χ0n) is 13.4. The van der Waals surface area contributed by atoms with Crippen LogP contribution < -0.4 is 5.32 Å². The van der Waals surface area contributed by atoms with Crippen LogP contribution in [0.3, 0.4) is 0 Å². The SMILES string of the molecule is CS[C@@H]1CC[C@H](NC(=O)N(CCO)Cc2ccc(C)cc2)C1. The number of hydrogen-bond donors (Lipinski definition) is 2. The largest absolute Gasteiger partial charge is 0.395 e. The number of thioether (sulfide) groups is 1. The molecule has 2 atom stereocenters. The molecule has 0 bridgehead atoms. The van der Waals surface area contributed by atoms with E-state index in [1.807, 2.05) is 43.0 Å². The van der Waals surface area contributed by atoms with Gasteiger partial charge >= 0.3 is 6.03 Å². The number of amides is 2. The number of nitrogens with one attached hydrogen (secondary N) is 1. The second-order valence-corrected chi connectivity index (χ2v) is 7.09. The first-order valence-electron chi connectivity index (χ1n) is 7.87. The Balaban J connectivity index is 1.92. The summed E-state index contributed by atoms with van der Waals surface area (Å²) in [5, 5.41) is 13.0. The van der Waals surface area contributed by atoms with E-state index >= 15 is 0 Å². The summed E-state index contributed by atoms with van der Waals surface area (Å²) in [5.74, 6) is 0. The second kappa shape index (κ2) is 8.44. The van der Waals surface area contributed by atoms with Crippen molar-refractivity contribution in [1.29, 1.82) is 0 Å². The Hall–Kier alpha value is -1.20. The predicted molar refractivity (Wildman–Crippen MR) is 92.1 cm³/mol. The van der Waals surface area contributed by atoms with E-state index in [9.17, 15) is 9.90 Å². The molecule has 0 aliphatic heterocycles. The standard InChI is InChI=1S/C17H26N2O2S/c1-13-3-5-14(6-4-13)12-19(9-10-20)17(21)18-15-7-8-16(11-15)22-2/h3-6,15-16,20H,7-12H2,1-2H3,(H,18,21)/t15-,16+/m0/s1. The molecule has 2 N–H and O–H groups in total. The summed E-state index contributed by atoms with van der Waals surface area (Å²) in [6.45, 7) is 2.92. The highest BCUT2D eigenvalue weighted by molar-refractivity contribution is 7.99. The molecule has 122 valence electrons. The maximum Gasteiger partial charge on any atom is 0.317 e. The molecule has 0 radical (unpaired) electrons. The van der Waals surface area contributed by atoms with E-state index in [0.717, 1.165) is 18.4 Å². The molecular formula is C17H26N2O2S. The van der Waals surface area contributed by atoms with Crippen LogP contribution in [-0.2, 0) is 6.54 Å². The smallest absolute Gasteiger partial charge is 0.317 e. The van der Waals surface area contributed by atoms with E-state index in [4.69, 9.17) is 0 Å². The van der Waals surface area contributed by atoms with Gasteiger partial charge in [0.25, 0.3) is 0 Å². The van der Waals surface area contributed by atoms with Crippen molar-refractivity contribution in [1.82, 2.24) is 10.2 Å². The van der Waals surface area contributed by atoms with Crippen LogP contribution in [0.1, 0.15) is 30.4 Å². The minimum absolute atomic E-state index is 0.0165. The van der Waals surface area contributed by atoms with Crippen molar-refractivity contribution in [2.24, 2.45) is 0 Å². The lowest BCUT2D eigenvalue weighted by atomic mass is 10.1. The van der Waals surface area contributed by atoms with Crippen LogP contribution in [0.15, 0.2) is 24.3 Å². The third kappa shape index (κ3) is 4.92. The third-order valence-electron chi connectivity index (χ3n) is 4.20. The Morgan fingerprint density at radius 3 is 2.68 bits per heavy atom. The Kier molecular flexibility index (Phi) is 6.58. The lowest BCUT2D eigenvalue weighted by molar-refractivity contribution is 0.171. The fraction of sp³-hybridized carbons (Fsp3) is 0.588. The van der Waals surface area contributed by atoms with Crippen molar-refractivity contribution < 1.29 is 9.90 Å². The normalized spacial score (nSPS) is 20.9. The van der Waals surface area contributed by atoms with Crippen molar-refractivity contribution in [3.05, 3.63) is 35.4 Å². The highest BCUT2D eigenvalue weighted by Crippen LogP contribution is 2.28. The summed E-state index contributed by atoms with van der Waals surface area (Å²) in [4.78, 5) is 14.1. The zero-order chi connectivity index (χ0) is 15.9. The van der Waals surface area contributed by atoms with Crippen LogP contribution in [0.4, 0.5) is 4.79 Å². The van der Waals surface area contributed by atoms with Gasteiger partial charge in [0.05, 0.1) is 6.61 Å². The maximum absolute atomic E-state index is 12.5. The Bertz CT molecular complexity index is 478. The third-order valence-corrected chi connectivity index (χ3v) is 5.29. The van der Waals surface area contributed by atoms with E-state index in [2.05, 4.69) is 11.6 Å². The lowest BCUT2D eigenvalue weighted by Crippen LogP contribution is -2.44. The van der Waals surface area contributed by atoms with Gasteiger partial charge < -0.3 is 15.3 Å². The molecule has 1 aromatic rings. The number of urea groups is 1. The molecule has 22 heavy (non-hydrogen) atoms. The van der Waals surface area contributed by atoms with Gasteiger partial charge in [-0.05, 0) is 38.0 Å². The average molecular weight is 322 g/mol. The molecule has 1 aliphatic rings. The second-order valence-electron chi connectivity index (χ2n) is 5.95. The van der Waals surface area contributed by atoms with Crippen LogP contribution in [0.5, 0.6) is 0 Å². The molecule has 0 aromatic heterocycles. The van der Waals surface area contributed by atoms with Crippen LogP contribution in [0.2, 0.25) is 0 Å². The van der Waals surface area contributed by atoms with Crippen molar-refractivity contribution in [3.8, 4) is 0 Å². The number of nitrogens with zero attached hydrogens (tertiary/aromatic N) is 1. The number of carbonyl (C=O) groups is 1. The van der Waals surface area contributed by atoms with E-state index in [1.54, 1.807) is 4.90 Å². The number of rotatable bonds is 6. The number of aliphatic hydroxyl groups is 1. The van der Waals surface area contributed by atoms with Crippen molar-refractivity contribution in [2.75, 3.05) is 19.4 Å². The monoisotopic (exact) mass is 322 g/mol. The minimum Gasteiger partial charge on any atom is -0.395 e. The van der Waals surface area contributed by atoms with Crippen molar-refractivity contribution in [3.63, 3.8) is 0 Å². The van der Waals surface area contributed by atoms with E-state index in [0.29, 0.717) is 18.3 Å². The number of aliphatic hydroxyl groups excluding tert-OH is 1. The first kappa shape index (κ1) is 17.2. The zero-order valence-corrected chi connectivity index (χ0v) is 14.2. The van der Waals surface area contributed by atoms with Gasteiger partial charge in [-0.2, -0.15) is 11.8 Å². The average Bonchev–Trinajstić information content (AvgIpc) is 2.96. The number of benzene rings is 1. The predicted octanol–water partition coefficient (Wildman–Crippen LogP) is 2.78. The first-order chi connectivity index (χ1) is 10.6. The van der Waals surface area contributed by atoms with Gasteiger partial charge in [0.15, 0.2) is 0 Å². The topological polar surface area (TPSA) is 52.6 Å². The van der Waals surface area contributed by atoms with Crippen LogP contribution in [0, 0.1) is 6.92 Å². The summed E-state index contributed by atoms with van der Waals surface area (Å²) in [7, 11) is 0. The number of hydrogen-bond acceptors (Lipinski definition) is 3. The van der Waals surface area contributed by atoms with E-state index in [1.165, 1.54) is 12.0 Å². The molecule has 0 spiro atoms. The van der Waals surface area contributed by atoms with Gasteiger partial charge in [-0.15, -0.1) is 0 Å². The first-order valence-corrected chi connectivity index (χ1v) is 9.15.